The maximum atomic E-state index is 12.1. The van der Waals surface area contributed by atoms with Crippen molar-refractivity contribution in [2.75, 3.05) is 7.05 Å². The Kier molecular flexibility index (Phi) is 3.51. The van der Waals surface area contributed by atoms with Gasteiger partial charge in [0.15, 0.2) is 0 Å². The number of nitrogens with one attached hydrogen (secondary N) is 1. The van der Waals surface area contributed by atoms with Gasteiger partial charge in [0.05, 0.1) is 0 Å². The van der Waals surface area contributed by atoms with Gasteiger partial charge in [0.1, 0.15) is 0 Å². The minimum atomic E-state index is 0.279. The molecule has 3 nitrogen and oxygen atoms in total. The molecule has 0 saturated heterocycles. The molecule has 0 spiro atoms. The molecule has 1 aromatic heterocycles. The van der Waals surface area contributed by atoms with Gasteiger partial charge in [-0.05, 0) is 37.3 Å². The molecule has 1 amide bonds. The zero-order valence-electron chi connectivity index (χ0n) is 12.3. The highest BCUT2D eigenvalue weighted by Crippen LogP contribution is 2.30. The normalized spacial score (nSPS) is 18.0. The summed E-state index contributed by atoms with van der Waals surface area (Å²) in [6.07, 6.45) is 4.66. The number of benzene rings is 1. The van der Waals surface area contributed by atoms with Crippen molar-refractivity contribution in [3.8, 4) is 0 Å². The number of nitrogens with zero attached hydrogens (tertiary/aromatic N) is 1. The van der Waals surface area contributed by atoms with Crippen molar-refractivity contribution in [2.24, 2.45) is 0 Å². The Hall–Kier alpha value is -1.77. The maximum Gasteiger partial charge on any atom is 0.222 e. The molecule has 20 heavy (non-hydrogen) atoms. The van der Waals surface area contributed by atoms with E-state index in [-0.39, 0.29) is 5.91 Å². The second-order valence-electron chi connectivity index (χ2n) is 5.78. The van der Waals surface area contributed by atoms with E-state index in [0.717, 1.165) is 25.7 Å². The highest BCUT2D eigenvalue weighted by molar-refractivity contribution is 5.85. The summed E-state index contributed by atoms with van der Waals surface area (Å²) in [6.45, 7) is 2.06. The van der Waals surface area contributed by atoms with E-state index < -0.39 is 0 Å². The Labute approximate surface area is 120 Å². The van der Waals surface area contributed by atoms with Crippen LogP contribution in [0.2, 0.25) is 0 Å². The van der Waals surface area contributed by atoms with Crippen LogP contribution in [0.25, 0.3) is 10.9 Å². The molecule has 0 bridgehead atoms. The van der Waals surface area contributed by atoms with Crippen LogP contribution >= 0.6 is 0 Å². The lowest BCUT2D eigenvalue weighted by Crippen LogP contribution is -2.40. The van der Waals surface area contributed by atoms with Crippen LogP contribution in [-0.4, -0.2) is 28.9 Å². The molecule has 1 aliphatic rings. The second-order valence-corrected chi connectivity index (χ2v) is 5.78. The summed E-state index contributed by atoms with van der Waals surface area (Å²) >= 11 is 0. The zero-order valence-corrected chi connectivity index (χ0v) is 12.3. The number of likely N-dealkylation sites (N-methyl/N-ethyl adjacent to an activating group) is 1. The SMILES string of the molecule is CCCC(=O)N(C)C1CCc2[nH]c3ccccc3c2C1. The van der Waals surface area contributed by atoms with Crippen LogP contribution in [0.1, 0.15) is 37.4 Å². The van der Waals surface area contributed by atoms with Gasteiger partial charge >= 0.3 is 0 Å². The number of aromatic nitrogens is 1. The molecule has 1 unspecified atom stereocenters. The molecule has 0 aliphatic heterocycles. The van der Waals surface area contributed by atoms with Crippen molar-refractivity contribution < 1.29 is 4.79 Å². The predicted octanol–water partition coefficient (Wildman–Crippen LogP) is 3.28. The monoisotopic (exact) mass is 270 g/mol. The standard InChI is InChI=1S/C17H22N2O/c1-3-6-17(20)19(2)12-9-10-16-14(11-12)13-7-4-5-8-15(13)18-16/h4-5,7-8,12,18H,3,6,9-11H2,1-2H3. The lowest BCUT2D eigenvalue weighted by Gasteiger charge is -2.31. The molecule has 1 heterocycles. The van der Waals surface area contributed by atoms with E-state index in [1.165, 1.54) is 22.2 Å². The molecule has 0 saturated carbocycles. The number of rotatable bonds is 3. The number of aromatic amines is 1. The van der Waals surface area contributed by atoms with Crippen molar-refractivity contribution in [1.29, 1.82) is 0 Å². The van der Waals surface area contributed by atoms with Crippen LogP contribution in [0.4, 0.5) is 0 Å². The lowest BCUT2D eigenvalue weighted by molar-refractivity contribution is -0.132. The topological polar surface area (TPSA) is 36.1 Å². The number of amides is 1. The van der Waals surface area contributed by atoms with Crippen LogP contribution in [0.15, 0.2) is 24.3 Å². The minimum absolute atomic E-state index is 0.279. The number of aryl methyl sites for hydroxylation is 1. The Balaban J connectivity index is 1.86. The van der Waals surface area contributed by atoms with Crippen molar-refractivity contribution in [3.05, 3.63) is 35.5 Å². The molecule has 0 fully saturated rings. The molecular formula is C17H22N2O. The average Bonchev–Trinajstić information content (AvgIpc) is 2.84. The van der Waals surface area contributed by atoms with Gasteiger partial charge in [0, 0.05) is 36.1 Å². The average molecular weight is 270 g/mol. The molecule has 2 aromatic rings. The van der Waals surface area contributed by atoms with E-state index in [9.17, 15) is 4.79 Å². The summed E-state index contributed by atoms with van der Waals surface area (Å²) in [5, 5.41) is 1.32. The van der Waals surface area contributed by atoms with Crippen molar-refractivity contribution in [2.45, 2.75) is 45.1 Å². The van der Waals surface area contributed by atoms with Gasteiger partial charge in [-0.1, -0.05) is 25.1 Å². The number of carbonyl (C=O) groups excluding carboxylic acids is 1. The molecule has 1 aromatic carbocycles. The number of hydrogen-bond acceptors (Lipinski definition) is 1. The number of hydrogen-bond donors (Lipinski definition) is 1. The van der Waals surface area contributed by atoms with Gasteiger partial charge in [0.2, 0.25) is 5.91 Å². The lowest BCUT2D eigenvalue weighted by atomic mass is 9.90. The molecular weight excluding hydrogens is 248 g/mol. The van der Waals surface area contributed by atoms with Gasteiger partial charge in [0.25, 0.3) is 0 Å². The number of carbonyl (C=O) groups is 1. The summed E-state index contributed by atoms with van der Waals surface area (Å²) in [6, 6.07) is 8.82. The fourth-order valence-electron chi connectivity index (χ4n) is 3.28. The summed E-state index contributed by atoms with van der Waals surface area (Å²) in [4.78, 5) is 17.6. The van der Waals surface area contributed by atoms with Crippen LogP contribution in [0.5, 0.6) is 0 Å². The zero-order chi connectivity index (χ0) is 14.1. The molecule has 106 valence electrons. The Morgan fingerprint density at radius 1 is 1.40 bits per heavy atom. The summed E-state index contributed by atoms with van der Waals surface area (Å²) in [5.74, 6) is 0.279. The summed E-state index contributed by atoms with van der Waals surface area (Å²) < 4.78 is 0. The highest BCUT2D eigenvalue weighted by Gasteiger charge is 2.26. The number of para-hydroxylation sites is 1. The van der Waals surface area contributed by atoms with Crippen molar-refractivity contribution >= 4 is 16.8 Å². The molecule has 0 radical (unpaired) electrons. The van der Waals surface area contributed by atoms with Crippen LogP contribution in [0.3, 0.4) is 0 Å². The largest absolute Gasteiger partial charge is 0.358 e. The van der Waals surface area contributed by atoms with Gasteiger partial charge in [-0.25, -0.2) is 0 Å². The smallest absolute Gasteiger partial charge is 0.222 e. The van der Waals surface area contributed by atoms with Gasteiger partial charge in [-0.3, -0.25) is 4.79 Å². The van der Waals surface area contributed by atoms with E-state index in [4.69, 9.17) is 0 Å². The predicted molar refractivity (Wildman–Crippen MR) is 81.8 cm³/mol. The van der Waals surface area contributed by atoms with Crippen molar-refractivity contribution in [3.63, 3.8) is 0 Å². The highest BCUT2D eigenvalue weighted by atomic mass is 16.2. The molecule has 3 heteroatoms. The Bertz CT molecular complexity index is 629. The van der Waals surface area contributed by atoms with Gasteiger partial charge in [-0.15, -0.1) is 0 Å². The van der Waals surface area contributed by atoms with E-state index in [1.54, 1.807) is 0 Å². The van der Waals surface area contributed by atoms with Crippen LogP contribution in [-0.2, 0) is 17.6 Å². The third kappa shape index (κ3) is 2.21. The first-order valence-electron chi connectivity index (χ1n) is 7.54. The Morgan fingerprint density at radius 2 is 2.20 bits per heavy atom. The molecule has 1 N–H and O–H groups in total. The quantitative estimate of drug-likeness (QED) is 0.913. The van der Waals surface area contributed by atoms with E-state index in [2.05, 4.69) is 36.2 Å². The first-order chi connectivity index (χ1) is 9.70. The van der Waals surface area contributed by atoms with E-state index in [0.29, 0.717) is 12.5 Å². The van der Waals surface area contributed by atoms with E-state index >= 15 is 0 Å². The fraction of sp³-hybridized carbons (Fsp3) is 0.471. The number of fused-ring (bicyclic) bond motifs is 3. The first kappa shape index (κ1) is 13.2. The molecule has 3 rings (SSSR count). The fourth-order valence-corrected chi connectivity index (χ4v) is 3.28. The third-order valence-electron chi connectivity index (χ3n) is 4.47. The minimum Gasteiger partial charge on any atom is -0.358 e. The summed E-state index contributed by atoms with van der Waals surface area (Å²) in [5.41, 5.74) is 3.99. The number of H-pyrrole nitrogens is 1. The van der Waals surface area contributed by atoms with Crippen LogP contribution in [0, 0.1) is 0 Å². The second kappa shape index (κ2) is 5.31. The maximum absolute atomic E-state index is 12.1. The molecule has 1 atom stereocenters. The molecule has 1 aliphatic carbocycles. The van der Waals surface area contributed by atoms with Crippen molar-refractivity contribution in [1.82, 2.24) is 9.88 Å². The first-order valence-corrected chi connectivity index (χ1v) is 7.54. The van der Waals surface area contributed by atoms with Gasteiger partial charge in [-0.2, -0.15) is 0 Å². The summed E-state index contributed by atoms with van der Waals surface area (Å²) in [7, 11) is 1.96. The third-order valence-corrected chi connectivity index (χ3v) is 4.47. The Morgan fingerprint density at radius 3 is 3.00 bits per heavy atom. The van der Waals surface area contributed by atoms with Crippen LogP contribution < -0.4 is 0 Å². The van der Waals surface area contributed by atoms with E-state index in [1.807, 2.05) is 11.9 Å². The van der Waals surface area contributed by atoms with Gasteiger partial charge < -0.3 is 9.88 Å².